The molecule has 0 spiro atoms. The van der Waals surface area contributed by atoms with E-state index in [1.807, 2.05) is 0 Å². The van der Waals surface area contributed by atoms with Crippen molar-refractivity contribution in [3.8, 4) is 28.3 Å². The van der Waals surface area contributed by atoms with Crippen molar-refractivity contribution in [3.63, 3.8) is 0 Å². The Balaban J connectivity index is 1.36. The average Bonchev–Trinajstić information content (AvgIpc) is 3.65. The van der Waals surface area contributed by atoms with Crippen LogP contribution in [0.1, 0.15) is 0 Å². The first-order valence-corrected chi connectivity index (χ1v) is 16.3. The Bertz CT molecular complexity index is 2790. The van der Waals surface area contributed by atoms with Crippen LogP contribution in [0, 0.1) is 0 Å². The Labute approximate surface area is 268 Å². The molecule has 0 aliphatic rings. The third-order valence-corrected chi connectivity index (χ3v) is 10.3. The van der Waals surface area contributed by atoms with Crippen LogP contribution < -0.4 is 0 Å². The lowest BCUT2D eigenvalue weighted by Crippen LogP contribution is -2.02. The summed E-state index contributed by atoms with van der Waals surface area (Å²) in [5, 5.41) is 8.48. The van der Waals surface area contributed by atoms with Crippen molar-refractivity contribution in [3.05, 3.63) is 152 Å². The lowest BCUT2D eigenvalue weighted by Gasteiger charge is -2.11. The summed E-state index contributed by atoms with van der Waals surface area (Å²) in [5.41, 5.74) is 7.58. The molecule has 0 saturated carbocycles. The minimum atomic E-state index is 0.680. The van der Waals surface area contributed by atoms with Crippen LogP contribution in [0.2, 0.25) is 0 Å². The number of fused-ring (bicyclic) bond motifs is 9. The molecule has 0 saturated heterocycles. The highest BCUT2D eigenvalue weighted by Gasteiger charge is 2.21. The molecule has 7 aromatic carbocycles. The monoisotopic (exact) mass is 603 g/mol. The van der Waals surface area contributed by atoms with E-state index in [4.69, 9.17) is 9.97 Å². The molecule has 46 heavy (non-hydrogen) atoms. The van der Waals surface area contributed by atoms with Gasteiger partial charge >= 0.3 is 0 Å². The standard InChI is InChI=1S/C42H25N3S/c1-3-11-26(12-4-1)31-19-21-33-36(24-31)45(35-22-20-27-13-9-10-18-32(27)38(33)35)42-43-39(28-14-5-2-6-15-28)41-40(44-42)34-23-29-16-7-8-17-30(29)25-37(34)46-41/h1-25H. The van der Waals surface area contributed by atoms with Crippen LogP contribution in [0.3, 0.4) is 0 Å². The molecule has 0 radical (unpaired) electrons. The van der Waals surface area contributed by atoms with Gasteiger partial charge in [-0.05, 0) is 56.9 Å². The van der Waals surface area contributed by atoms with Gasteiger partial charge in [0.15, 0.2) is 0 Å². The number of rotatable bonds is 3. The van der Waals surface area contributed by atoms with Crippen LogP contribution in [-0.2, 0) is 0 Å². The Hall–Kier alpha value is -5.84. The molecule has 10 aromatic rings. The van der Waals surface area contributed by atoms with E-state index >= 15 is 0 Å². The van der Waals surface area contributed by atoms with Crippen molar-refractivity contribution in [1.82, 2.24) is 14.5 Å². The first-order chi connectivity index (χ1) is 22.8. The van der Waals surface area contributed by atoms with Crippen molar-refractivity contribution < 1.29 is 0 Å². The van der Waals surface area contributed by atoms with E-state index in [0.717, 1.165) is 37.9 Å². The predicted molar refractivity (Wildman–Crippen MR) is 195 cm³/mol. The summed E-state index contributed by atoms with van der Waals surface area (Å²) < 4.78 is 4.60. The lowest BCUT2D eigenvalue weighted by atomic mass is 10.0. The summed E-state index contributed by atoms with van der Waals surface area (Å²) in [6.07, 6.45) is 0. The van der Waals surface area contributed by atoms with E-state index in [9.17, 15) is 0 Å². The molecule has 0 amide bonds. The quantitative estimate of drug-likeness (QED) is 0.201. The normalized spacial score (nSPS) is 11.9. The van der Waals surface area contributed by atoms with Crippen molar-refractivity contribution >= 4 is 75.0 Å². The molecule has 0 aliphatic heterocycles. The molecule has 0 aliphatic carbocycles. The van der Waals surface area contributed by atoms with Gasteiger partial charge in [-0.3, -0.25) is 4.57 Å². The minimum absolute atomic E-state index is 0.680. The number of nitrogens with zero attached hydrogens (tertiary/aromatic N) is 3. The van der Waals surface area contributed by atoms with E-state index in [2.05, 4.69) is 156 Å². The summed E-state index contributed by atoms with van der Waals surface area (Å²) in [7, 11) is 0. The van der Waals surface area contributed by atoms with Crippen molar-refractivity contribution in [2.45, 2.75) is 0 Å². The van der Waals surface area contributed by atoms with Crippen LogP contribution in [0.15, 0.2) is 152 Å². The van der Waals surface area contributed by atoms with Crippen LogP contribution in [-0.4, -0.2) is 14.5 Å². The van der Waals surface area contributed by atoms with Gasteiger partial charge in [-0.1, -0.05) is 127 Å². The van der Waals surface area contributed by atoms with Gasteiger partial charge < -0.3 is 0 Å². The van der Waals surface area contributed by atoms with Crippen molar-refractivity contribution in [2.24, 2.45) is 0 Å². The van der Waals surface area contributed by atoms with E-state index in [0.29, 0.717) is 5.95 Å². The molecule has 4 heteroatoms. The first kappa shape index (κ1) is 25.5. The second-order valence-corrected chi connectivity index (χ2v) is 12.9. The van der Waals surface area contributed by atoms with Crippen LogP contribution >= 0.6 is 11.3 Å². The zero-order chi connectivity index (χ0) is 30.2. The lowest BCUT2D eigenvalue weighted by molar-refractivity contribution is 1.02. The van der Waals surface area contributed by atoms with E-state index < -0.39 is 0 Å². The van der Waals surface area contributed by atoms with Gasteiger partial charge in [-0.2, -0.15) is 0 Å². The summed E-state index contributed by atoms with van der Waals surface area (Å²) in [5.74, 6) is 0.680. The van der Waals surface area contributed by atoms with Gasteiger partial charge in [0.2, 0.25) is 5.95 Å². The number of hydrogen-bond acceptors (Lipinski definition) is 3. The molecule has 3 heterocycles. The maximum absolute atomic E-state index is 5.44. The van der Waals surface area contributed by atoms with Gasteiger partial charge in [-0.15, -0.1) is 11.3 Å². The number of benzene rings is 7. The SMILES string of the molecule is c1ccc(-c2ccc3c4c5ccccc5ccc4n(-c4nc(-c5ccccc5)c5sc6cc7ccccc7cc6c5n4)c3c2)cc1. The minimum Gasteiger partial charge on any atom is -0.278 e. The number of aromatic nitrogens is 3. The van der Waals surface area contributed by atoms with E-state index in [1.54, 1.807) is 11.3 Å². The Kier molecular flexibility index (Phi) is 5.45. The van der Waals surface area contributed by atoms with Crippen LogP contribution in [0.4, 0.5) is 0 Å². The molecule has 0 unspecified atom stereocenters. The summed E-state index contributed by atoms with van der Waals surface area (Å²) in [4.78, 5) is 10.9. The van der Waals surface area contributed by atoms with Gasteiger partial charge in [0, 0.05) is 26.4 Å². The zero-order valence-electron chi connectivity index (χ0n) is 24.7. The fourth-order valence-corrected chi connectivity index (χ4v) is 8.21. The Morgan fingerprint density at radius 1 is 0.457 bits per heavy atom. The maximum atomic E-state index is 5.44. The smallest absolute Gasteiger partial charge is 0.235 e. The summed E-state index contributed by atoms with van der Waals surface area (Å²) >= 11 is 1.78. The summed E-state index contributed by atoms with van der Waals surface area (Å²) in [6, 6.07) is 54.2. The molecule has 0 bridgehead atoms. The maximum Gasteiger partial charge on any atom is 0.235 e. The Morgan fingerprint density at radius 2 is 1.15 bits per heavy atom. The molecule has 10 rings (SSSR count). The topological polar surface area (TPSA) is 30.7 Å². The molecule has 0 N–H and O–H groups in total. The predicted octanol–water partition coefficient (Wildman–Crippen LogP) is 11.6. The number of hydrogen-bond donors (Lipinski definition) is 0. The second-order valence-electron chi connectivity index (χ2n) is 11.8. The Morgan fingerprint density at radius 3 is 1.96 bits per heavy atom. The van der Waals surface area contributed by atoms with Crippen LogP contribution in [0.25, 0.3) is 92.0 Å². The molecular formula is C42H25N3S. The average molecular weight is 604 g/mol. The fraction of sp³-hybridized carbons (Fsp3) is 0. The highest BCUT2D eigenvalue weighted by molar-refractivity contribution is 7.26. The van der Waals surface area contributed by atoms with Gasteiger partial charge in [-0.25, -0.2) is 9.97 Å². The van der Waals surface area contributed by atoms with Crippen LogP contribution in [0.5, 0.6) is 0 Å². The van der Waals surface area contributed by atoms with Crippen molar-refractivity contribution in [2.75, 3.05) is 0 Å². The van der Waals surface area contributed by atoms with Gasteiger partial charge in [0.25, 0.3) is 0 Å². The van der Waals surface area contributed by atoms with E-state index in [1.165, 1.54) is 48.1 Å². The highest BCUT2D eigenvalue weighted by Crippen LogP contribution is 2.42. The van der Waals surface area contributed by atoms with Gasteiger partial charge in [0.05, 0.1) is 26.9 Å². The summed E-state index contributed by atoms with van der Waals surface area (Å²) in [6.45, 7) is 0. The molecule has 3 nitrogen and oxygen atoms in total. The highest BCUT2D eigenvalue weighted by atomic mass is 32.1. The third kappa shape index (κ3) is 3.77. The zero-order valence-corrected chi connectivity index (χ0v) is 25.5. The van der Waals surface area contributed by atoms with E-state index in [-0.39, 0.29) is 0 Å². The molecule has 214 valence electrons. The largest absolute Gasteiger partial charge is 0.278 e. The second kappa shape index (κ2) is 9.83. The molecule has 0 fully saturated rings. The fourth-order valence-electron chi connectivity index (χ4n) is 7.02. The molecule has 3 aromatic heterocycles. The molecule has 0 atom stereocenters. The first-order valence-electron chi connectivity index (χ1n) is 15.5. The third-order valence-electron chi connectivity index (χ3n) is 9.18. The number of thiophene rings is 1. The van der Waals surface area contributed by atoms with Crippen molar-refractivity contribution in [1.29, 1.82) is 0 Å². The molecular weight excluding hydrogens is 579 g/mol. The van der Waals surface area contributed by atoms with Gasteiger partial charge in [0.1, 0.15) is 0 Å².